The van der Waals surface area contributed by atoms with Crippen molar-refractivity contribution in [1.82, 2.24) is 0 Å². The van der Waals surface area contributed by atoms with Crippen LogP contribution < -0.4 is 0 Å². The van der Waals surface area contributed by atoms with Crippen molar-refractivity contribution < 1.29 is 42.1 Å². The Hall–Kier alpha value is -0.990. The molecule has 0 aliphatic heterocycles. The number of phosphoric ester groups is 1. The van der Waals surface area contributed by atoms with Gasteiger partial charge in [-0.3, -0.25) is 18.6 Å². The van der Waals surface area contributed by atoms with Crippen LogP contribution in [-0.4, -0.2) is 74.9 Å². The highest BCUT2D eigenvalue weighted by atomic mass is 31.2. The molecule has 0 spiro atoms. The number of nitrogens with zero attached hydrogens (tertiary/aromatic N) is 1. The summed E-state index contributed by atoms with van der Waals surface area (Å²) in [5, 5.41) is 0. The van der Waals surface area contributed by atoms with Gasteiger partial charge < -0.3 is 18.9 Å². The first-order valence-electron chi connectivity index (χ1n) is 41.8. The van der Waals surface area contributed by atoms with E-state index in [1.165, 1.54) is 398 Å². The van der Waals surface area contributed by atoms with Crippen molar-refractivity contribution in [1.29, 1.82) is 0 Å². The van der Waals surface area contributed by atoms with Gasteiger partial charge in [0.25, 0.3) is 0 Å². The number of phosphoric acid groups is 1. The van der Waals surface area contributed by atoms with Gasteiger partial charge in [-0.2, -0.15) is 0 Å². The highest BCUT2D eigenvalue weighted by Gasteiger charge is 2.27. The summed E-state index contributed by atoms with van der Waals surface area (Å²) in [5.74, 6) is -0.763. The molecule has 0 saturated carbocycles. The van der Waals surface area contributed by atoms with E-state index in [2.05, 4.69) is 13.8 Å². The number of quaternary nitrogens is 1. The molecule has 550 valence electrons. The molecular formula is C82H165NO8P+. The van der Waals surface area contributed by atoms with Gasteiger partial charge in [0.15, 0.2) is 6.10 Å². The van der Waals surface area contributed by atoms with E-state index in [-0.39, 0.29) is 25.6 Å². The van der Waals surface area contributed by atoms with Crippen molar-refractivity contribution in [3.8, 4) is 0 Å². The molecule has 92 heavy (non-hydrogen) atoms. The minimum Gasteiger partial charge on any atom is -0.462 e. The minimum absolute atomic E-state index is 0.0379. The van der Waals surface area contributed by atoms with Gasteiger partial charge in [0.05, 0.1) is 27.7 Å². The van der Waals surface area contributed by atoms with Crippen molar-refractivity contribution in [2.45, 2.75) is 469 Å². The molecule has 0 aromatic rings. The normalized spacial score (nSPS) is 12.9. The molecule has 0 aliphatic carbocycles. The van der Waals surface area contributed by atoms with Crippen molar-refractivity contribution in [3.05, 3.63) is 0 Å². The molecule has 0 radical (unpaired) electrons. The molecule has 9 nitrogen and oxygen atoms in total. The molecule has 0 rings (SSSR count). The Morgan fingerprint density at radius 1 is 0.293 bits per heavy atom. The van der Waals surface area contributed by atoms with E-state index in [9.17, 15) is 19.0 Å². The Balaban J connectivity index is 3.86. The average molecular weight is 1320 g/mol. The summed E-state index contributed by atoms with van der Waals surface area (Å²) >= 11 is 0. The van der Waals surface area contributed by atoms with E-state index >= 15 is 0 Å². The van der Waals surface area contributed by atoms with E-state index in [0.29, 0.717) is 17.4 Å². The monoisotopic (exact) mass is 1320 g/mol. The first kappa shape index (κ1) is 91.0. The molecule has 0 aromatic heterocycles. The largest absolute Gasteiger partial charge is 0.472 e. The smallest absolute Gasteiger partial charge is 0.462 e. The number of esters is 2. The lowest BCUT2D eigenvalue weighted by Gasteiger charge is -2.24. The maximum atomic E-state index is 12.9. The quantitative estimate of drug-likeness (QED) is 0.0278. The summed E-state index contributed by atoms with van der Waals surface area (Å²) in [7, 11) is 1.51. The highest BCUT2D eigenvalue weighted by Crippen LogP contribution is 2.43. The van der Waals surface area contributed by atoms with Gasteiger partial charge in [-0.1, -0.05) is 438 Å². The molecule has 2 atom stereocenters. The first-order chi connectivity index (χ1) is 45.0. The third kappa shape index (κ3) is 78.0. The number of hydrogen-bond donors (Lipinski definition) is 1. The topological polar surface area (TPSA) is 108 Å². The van der Waals surface area contributed by atoms with Crippen molar-refractivity contribution in [2.75, 3.05) is 47.5 Å². The second-order valence-electron chi connectivity index (χ2n) is 30.2. The molecule has 0 amide bonds. The Labute approximate surface area is 575 Å². The summed E-state index contributed by atoms with van der Waals surface area (Å²) in [5.41, 5.74) is 0. The number of rotatable bonds is 80. The number of ether oxygens (including phenoxy) is 2. The summed E-state index contributed by atoms with van der Waals surface area (Å²) < 4.78 is 34.9. The maximum absolute atomic E-state index is 12.9. The zero-order valence-corrected chi connectivity index (χ0v) is 64.0. The van der Waals surface area contributed by atoms with E-state index in [1.54, 1.807) is 0 Å². The number of carbonyl (C=O) groups excluding carboxylic acids is 2. The molecule has 1 N–H and O–H groups in total. The molecule has 1 unspecified atom stereocenters. The predicted octanol–water partition coefficient (Wildman–Crippen LogP) is 27.6. The van der Waals surface area contributed by atoms with Gasteiger partial charge in [0, 0.05) is 12.8 Å². The number of hydrogen-bond acceptors (Lipinski definition) is 7. The molecule has 0 saturated heterocycles. The van der Waals surface area contributed by atoms with E-state index in [1.807, 2.05) is 21.1 Å². The van der Waals surface area contributed by atoms with Crippen LogP contribution in [0, 0.1) is 0 Å². The molecule has 10 heteroatoms. The van der Waals surface area contributed by atoms with Gasteiger partial charge in [-0.15, -0.1) is 0 Å². The van der Waals surface area contributed by atoms with Crippen LogP contribution in [-0.2, 0) is 32.7 Å². The fourth-order valence-corrected chi connectivity index (χ4v) is 14.0. The second kappa shape index (κ2) is 74.2. The van der Waals surface area contributed by atoms with Crippen LogP contribution >= 0.6 is 7.82 Å². The molecule has 0 aromatic carbocycles. The maximum Gasteiger partial charge on any atom is 0.472 e. The van der Waals surface area contributed by atoms with Crippen LogP contribution in [0.3, 0.4) is 0 Å². The van der Waals surface area contributed by atoms with Crippen LogP contribution in [0.2, 0.25) is 0 Å². The van der Waals surface area contributed by atoms with Crippen LogP contribution in [0.4, 0.5) is 0 Å². The lowest BCUT2D eigenvalue weighted by Crippen LogP contribution is -2.37. The van der Waals surface area contributed by atoms with Crippen LogP contribution in [0.25, 0.3) is 0 Å². The SMILES string of the molecule is CCCCCCCCCCCCCCCCCCCCCCCCCCCCCCCCCCCCC(=O)OC[C@H](COP(=O)(O)OCC[N+](C)(C)C)OC(=O)CCCCCCCCCCCCCCCCCCCCCCCCCCCCCCCCCCCC. The van der Waals surface area contributed by atoms with Crippen LogP contribution in [0.15, 0.2) is 0 Å². The summed E-state index contributed by atoms with van der Waals surface area (Å²) in [6.07, 6.45) is 92.8. The number of likely N-dealkylation sites (N-methyl/N-ethyl adjacent to an activating group) is 1. The van der Waals surface area contributed by atoms with Gasteiger partial charge >= 0.3 is 19.8 Å². The van der Waals surface area contributed by atoms with E-state index < -0.39 is 26.5 Å². The molecule has 0 bridgehead atoms. The Morgan fingerprint density at radius 3 is 0.696 bits per heavy atom. The van der Waals surface area contributed by atoms with Gasteiger partial charge in [-0.25, -0.2) is 4.57 Å². The van der Waals surface area contributed by atoms with Crippen LogP contribution in [0.1, 0.15) is 463 Å². The molecule has 0 fully saturated rings. The third-order valence-electron chi connectivity index (χ3n) is 19.6. The molecule has 0 aliphatic rings. The summed E-state index contributed by atoms with van der Waals surface area (Å²) in [6, 6.07) is 0. The Bertz CT molecular complexity index is 1510. The lowest BCUT2D eigenvalue weighted by atomic mass is 10.0. The van der Waals surface area contributed by atoms with E-state index in [4.69, 9.17) is 18.5 Å². The Morgan fingerprint density at radius 2 is 0.489 bits per heavy atom. The molecular weight excluding hydrogens is 1160 g/mol. The van der Waals surface area contributed by atoms with Crippen molar-refractivity contribution in [2.24, 2.45) is 0 Å². The van der Waals surface area contributed by atoms with Gasteiger partial charge in [0.2, 0.25) is 0 Å². The van der Waals surface area contributed by atoms with Crippen molar-refractivity contribution >= 4 is 19.8 Å². The number of carbonyl (C=O) groups is 2. The average Bonchev–Trinajstić information content (AvgIpc) is 3.66. The fourth-order valence-electron chi connectivity index (χ4n) is 13.3. The lowest BCUT2D eigenvalue weighted by molar-refractivity contribution is -0.870. The summed E-state index contributed by atoms with van der Waals surface area (Å²) in [4.78, 5) is 36.0. The van der Waals surface area contributed by atoms with Gasteiger partial charge in [-0.05, 0) is 12.8 Å². The second-order valence-corrected chi connectivity index (χ2v) is 31.7. The van der Waals surface area contributed by atoms with Crippen molar-refractivity contribution in [3.63, 3.8) is 0 Å². The zero-order valence-electron chi connectivity index (χ0n) is 63.1. The highest BCUT2D eigenvalue weighted by molar-refractivity contribution is 7.47. The van der Waals surface area contributed by atoms with Gasteiger partial charge in [0.1, 0.15) is 19.8 Å². The first-order valence-corrected chi connectivity index (χ1v) is 43.3. The molecule has 0 heterocycles. The fraction of sp³-hybridized carbons (Fsp3) is 0.976. The Kier molecular flexibility index (Phi) is 73.4. The predicted molar refractivity (Wildman–Crippen MR) is 400 cm³/mol. The van der Waals surface area contributed by atoms with Crippen LogP contribution in [0.5, 0.6) is 0 Å². The zero-order chi connectivity index (χ0) is 66.9. The standard InChI is InChI=1S/C82H164NO8P/c1-6-8-10-12-14-16-18-20-22-24-26-28-30-32-34-36-38-40-42-44-46-48-50-52-54-56-58-60-62-64-66-68-70-72-74-81(84)88-78-80(79-90-92(86,87)89-77-76-83(3,4)5)91-82(85)75-73-71-69-67-65-63-61-59-57-55-53-51-49-47-45-43-41-39-37-35-33-31-29-27-25-23-21-19-17-15-13-11-9-7-2/h80H,6-79H2,1-5H3/p+1/t80-/m1/s1. The number of unbranched alkanes of at least 4 members (excludes halogenated alkanes) is 66. The third-order valence-corrected chi connectivity index (χ3v) is 20.6. The summed E-state index contributed by atoms with van der Waals surface area (Å²) in [6.45, 7) is 4.55. The van der Waals surface area contributed by atoms with E-state index in [0.717, 1.165) is 38.5 Å². The minimum atomic E-state index is -4.39.